The van der Waals surface area contributed by atoms with Crippen LogP contribution in [0.4, 0.5) is 11.4 Å². The molecule has 5 aromatic rings. The maximum atomic E-state index is 15.2. The summed E-state index contributed by atoms with van der Waals surface area (Å²) in [6.07, 6.45) is 2.62. The van der Waals surface area contributed by atoms with Crippen LogP contribution in [-0.2, 0) is 34.6 Å². The number of aliphatic hydroxyl groups is 1. The molecule has 12 heteroatoms. The molecule has 0 saturated carbocycles. The number of fused-ring (bicyclic) bond motifs is 2. The summed E-state index contributed by atoms with van der Waals surface area (Å²) in [6.45, 7) is 7.68. The molecular weight excluding hydrogens is 706 g/mol. The number of hydrogen-bond donors (Lipinski definition) is 2. The van der Waals surface area contributed by atoms with Gasteiger partial charge in [0.05, 0.1) is 39.2 Å². The third kappa shape index (κ3) is 6.90. The number of ether oxygens (including phenoxy) is 2. The average Bonchev–Trinajstić information content (AvgIpc) is 3.81. The van der Waals surface area contributed by atoms with Gasteiger partial charge in [-0.05, 0) is 72.1 Å². The van der Waals surface area contributed by atoms with E-state index in [1.54, 1.807) is 28.8 Å². The number of halogens is 1. The van der Waals surface area contributed by atoms with Crippen LogP contribution in [0.1, 0.15) is 40.5 Å². The zero-order valence-electron chi connectivity index (χ0n) is 30.3. The number of anilines is 2. The Morgan fingerprint density at radius 1 is 1.04 bits per heavy atom. The molecule has 0 aliphatic carbocycles. The maximum absolute atomic E-state index is 15.2. The number of aliphatic hydroxyl groups excluding tert-OH is 1. The Labute approximate surface area is 315 Å². The van der Waals surface area contributed by atoms with Crippen LogP contribution in [0.25, 0.3) is 0 Å². The van der Waals surface area contributed by atoms with Gasteiger partial charge in [-0.3, -0.25) is 14.3 Å². The summed E-state index contributed by atoms with van der Waals surface area (Å²) in [6, 6.07) is 30.6. The van der Waals surface area contributed by atoms with Crippen LogP contribution in [0.2, 0.25) is 23.7 Å². The van der Waals surface area contributed by atoms with Crippen LogP contribution in [0.15, 0.2) is 103 Å². The molecule has 0 bridgehead atoms. The van der Waals surface area contributed by atoms with Crippen molar-refractivity contribution < 1.29 is 24.2 Å². The second-order valence-corrected chi connectivity index (χ2v) is 19.6. The zero-order chi connectivity index (χ0) is 37.3. The highest BCUT2D eigenvalue weighted by Crippen LogP contribution is 2.60. The van der Waals surface area contributed by atoms with E-state index in [1.807, 2.05) is 79.0 Å². The van der Waals surface area contributed by atoms with Crippen molar-refractivity contribution in [2.75, 3.05) is 23.9 Å². The van der Waals surface area contributed by atoms with E-state index in [1.165, 1.54) is 5.19 Å². The molecule has 4 atom stereocenters. The first-order valence-electron chi connectivity index (χ1n) is 17.9. The Balaban J connectivity index is 1.23. The normalized spacial score (nSPS) is 20.9. The number of hydrogen-bond acceptors (Lipinski definition) is 7. The van der Waals surface area contributed by atoms with E-state index in [9.17, 15) is 9.90 Å². The first-order chi connectivity index (χ1) is 25.5. The maximum Gasteiger partial charge on any atom is 0.264 e. The minimum atomic E-state index is -2.36. The molecule has 10 nitrogen and oxygen atoms in total. The minimum absolute atomic E-state index is 0.00138. The number of nitrogens with zero attached hydrogens (tertiary/aromatic N) is 4. The molecule has 3 heterocycles. The molecule has 2 N–H and O–H groups in total. The van der Waals surface area contributed by atoms with Gasteiger partial charge in [0.15, 0.2) is 5.60 Å². The molecule has 2 aliphatic rings. The summed E-state index contributed by atoms with van der Waals surface area (Å²) >= 11 is 6.70. The van der Waals surface area contributed by atoms with Gasteiger partial charge >= 0.3 is 0 Å². The van der Waals surface area contributed by atoms with Gasteiger partial charge in [0.25, 0.3) is 11.8 Å². The summed E-state index contributed by atoms with van der Waals surface area (Å²) in [5.74, 6) is 0.256. The number of carbonyl (C=O) groups is 2. The largest absolute Gasteiger partial charge is 0.497 e. The minimum Gasteiger partial charge on any atom is -0.497 e. The molecule has 274 valence electrons. The van der Waals surface area contributed by atoms with E-state index in [2.05, 4.69) is 47.8 Å². The van der Waals surface area contributed by atoms with E-state index in [0.717, 1.165) is 28.3 Å². The number of benzene rings is 4. The molecule has 0 unspecified atom stereocenters. The van der Waals surface area contributed by atoms with Crippen molar-refractivity contribution in [1.29, 1.82) is 0 Å². The van der Waals surface area contributed by atoms with Crippen molar-refractivity contribution in [3.05, 3.63) is 131 Å². The third-order valence-corrected chi connectivity index (χ3v) is 15.6. The van der Waals surface area contributed by atoms with Crippen LogP contribution in [-0.4, -0.2) is 59.8 Å². The lowest BCUT2D eigenvalue weighted by molar-refractivity contribution is -0.146. The predicted molar refractivity (Wildman–Crippen MR) is 208 cm³/mol. The van der Waals surface area contributed by atoms with Gasteiger partial charge in [0.1, 0.15) is 5.75 Å². The Morgan fingerprint density at radius 3 is 2.55 bits per heavy atom. The van der Waals surface area contributed by atoms with Crippen molar-refractivity contribution in [2.24, 2.45) is 5.92 Å². The van der Waals surface area contributed by atoms with Crippen LogP contribution in [0, 0.1) is 5.92 Å². The fourth-order valence-electron chi connectivity index (χ4n) is 8.37. The molecule has 4 aromatic carbocycles. The smallest absolute Gasteiger partial charge is 0.264 e. The summed E-state index contributed by atoms with van der Waals surface area (Å²) in [5, 5.41) is 22.7. The highest BCUT2D eigenvalue weighted by molar-refractivity contribution is 6.91. The first-order valence-corrected chi connectivity index (χ1v) is 21.4. The first kappa shape index (κ1) is 36.5. The van der Waals surface area contributed by atoms with Crippen LogP contribution >= 0.6 is 11.6 Å². The summed E-state index contributed by atoms with van der Waals surface area (Å²) < 4.78 is 14.5. The lowest BCUT2D eigenvalue weighted by atomic mass is 9.82. The number of carbonyl (C=O) groups excluding carboxylic acids is 2. The third-order valence-electron chi connectivity index (χ3n) is 11.0. The van der Waals surface area contributed by atoms with Gasteiger partial charge in [0, 0.05) is 53.5 Å². The lowest BCUT2D eigenvalue weighted by Crippen LogP contribution is -2.51. The predicted octanol–water partition coefficient (Wildman–Crippen LogP) is 6.58. The number of aromatic nitrogens is 3. The number of aryl methyl sites for hydroxylation is 1. The SMILES string of the molecule is COc1ccc([Si](C)(C)[C@H]2[C@H](CCn3cc(CCO)nn3)O[C@@]3(C(=O)N(Cc4cccc(NC(=O)c5ccccc5)c4)c4ccc(Cl)cc43)[C@@H]2C)cc1. The van der Waals surface area contributed by atoms with Crippen LogP contribution in [0.5, 0.6) is 5.75 Å². The number of amides is 2. The average molecular weight is 750 g/mol. The van der Waals surface area contributed by atoms with Crippen LogP contribution in [0.3, 0.4) is 0 Å². The van der Waals surface area contributed by atoms with E-state index >= 15 is 4.79 Å². The number of nitrogens with one attached hydrogen (secondary N) is 1. The summed E-state index contributed by atoms with van der Waals surface area (Å²) in [5.41, 5.74) is 3.09. The summed E-state index contributed by atoms with van der Waals surface area (Å²) in [7, 11) is -0.698. The van der Waals surface area contributed by atoms with E-state index in [0.29, 0.717) is 35.7 Å². The van der Waals surface area contributed by atoms with Gasteiger partial charge in [-0.25, -0.2) is 0 Å². The molecule has 1 aromatic heterocycles. The van der Waals surface area contributed by atoms with Gasteiger partial charge in [-0.15, -0.1) is 5.10 Å². The Morgan fingerprint density at radius 2 is 1.81 bits per heavy atom. The standard InChI is InChI=1S/C41H44ClN5O5Si/c1-27-38(53(3,4)34-16-14-33(51-2)15-17-34)37(19-21-46-26-32(20-22-48)44-45-46)52-41(27)35-24-30(42)13-18-36(35)47(40(41)50)25-28-9-8-12-31(23-28)43-39(49)29-10-6-5-7-11-29/h5-18,23-24,26-27,37-38,48H,19-22,25H2,1-4H3,(H,43,49)/t27-,37+,38-,41+/m1/s1. The second-order valence-electron chi connectivity index (χ2n) is 14.5. The van der Waals surface area contributed by atoms with Gasteiger partial charge in [-0.1, -0.05) is 84.5 Å². The van der Waals surface area contributed by atoms with Crippen molar-refractivity contribution in [3.63, 3.8) is 0 Å². The van der Waals surface area contributed by atoms with E-state index < -0.39 is 13.7 Å². The fourth-order valence-corrected chi connectivity index (χ4v) is 12.6. The van der Waals surface area contributed by atoms with Crippen molar-refractivity contribution in [2.45, 2.75) is 63.2 Å². The molecule has 53 heavy (non-hydrogen) atoms. The van der Waals surface area contributed by atoms with Crippen molar-refractivity contribution >= 4 is 48.1 Å². The molecule has 1 fully saturated rings. The Hall–Kier alpha value is -4.81. The van der Waals surface area contributed by atoms with Gasteiger partial charge in [0.2, 0.25) is 0 Å². The Bertz CT molecular complexity index is 2110. The summed E-state index contributed by atoms with van der Waals surface area (Å²) in [4.78, 5) is 29.9. The molecule has 2 aliphatic heterocycles. The molecule has 1 saturated heterocycles. The highest BCUT2D eigenvalue weighted by Gasteiger charge is 2.66. The monoisotopic (exact) mass is 749 g/mol. The molecule has 0 radical (unpaired) electrons. The van der Waals surface area contributed by atoms with Gasteiger partial charge in [-0.2, -0.15) is 0 Å². The van der Waals surface area contributed by atoms with Crippen molar-refractivity contribution in [3.8, 4) is 5.75 Å². The van der Waals surface area contributed by atoms with Crippen LogP contribution < -0.4 is 20.1 Å². The molecular formula is C41H44ClN5O5Si. The van der Waals surface area contributed by atoms with Crippen molar-refractivity contribution in [1.82, 2.24) is 15.0 Å². The van der Waals surface area contributed by atoms with E-state index in [-0.39, 0.29) is 42.5 Å². The fraction of sp³-hybridized carbons (Fsp3) is 0.317. The molecule has 2 amide bonds. The highest BCUT2D eigenvalue weighted by atomic mass is 35.5. The lowest BCUT2D eigenvalue weighted by Gasteiger charge is -2.37. The van der Waals surface area contributed by atoms with E-state index in [4.69, 9.17) is 21.1 Å². The molecule has 7 rings (SSSR count). The zero-order valence-corrected chi connectivity index (χ0v) is 32.1. The van der Waals surface area contributed by atoms with Gasteiger partial charge < -0.3 is 24.8 Å². The number of methoxy groups -OCH3 is 1. The Kier molecular flexibility index (Phi) is 10.3. The quantitative estimate of drug-likeness (QED) is 0.138. The second kappa shape index (κ2) is 14.9. The molecule has 1 spiro atoms. The topological polar surface area (TPSA) is 119 Å². The number of rotatable bonds is 12.